The topological polar surface area (TPSA) is 79.4 Å². The fraction of sp³-hybridized carbons (Fsp3) is 1.00. The smallest absolute Gasteiger partial charge is 0.175 e. The second-order valence-corrected chi connectivity index (χ2v) is 7.96. The van der Waals surface area contributed by atoms with E-state index in [1.165, 1.54) is 0 Å². The summed E-state index contributed by atoms with van der Waals surface area (Å²) in [5.41, 5.74) is 0. The SMILES string of the molecule is CNC1C(C)OC(COC2OC(COC)C(C)C(OC)C2NC)C(C)C1OC.II. The van der Waals surface area contributed by atoms with Gasteiger partial charge in [-0.05, 0) is 21.0 Å². The van der Waals surface area contributed by atoms with Crippen LogP contribution in [0.1, 0.15) is 20.8 Å². The van der Waals surface area contributed by atoms with Crippen LogP contribution in [0, 0.1) is 11.8 Å². The number of rotatable bonds is 9. The van der Waals surface area contributed by atoms with E-state index in [0.717, 1.165) is 0 Å². The van der Waals surface area contributed by atoms with E-state index in [1.54, 1.807) is 21.3 Å². The van der Waals surface area contributed by atoms with Crippen molar-refractivity contribution in [1.29, 1.82) is 0 Å². The molecule has 0 bridgehead atoms. The van der Waals surface area contributed by atoms with Crippen LogP contribution in [-0.2, 0) is 28.4 Å². The Morgan fingerprint density at radius 3 is 1.73 bits per heavy atom. The lowest BCUT2D eigenvalue weighted by molar-refractivity contribution is -0.274. The molecule has 30 heavy (non-hydrogen) atoms. The Bertz CT molecular complexity index is 467. The third kappa shape index (κ3) is 7.07. The fourth-order valence-corrected chi connectivity index (χ4v) is 4.67. The van der Waals surface area contributed by atoms with Gasteiger partial charge in [0.15, 0.2) is 6.29 Å². The third-order valence-corrected chi connectivity index (χ3v) is 6.38. The van der Waals surface area contributed by atoms with Gasteiger partial charge in [0.25, 0.3) is 0 Å². The zero-order chi connectivity index (χ0) is 22.8. The van der Waals surface area contributed by atoms with Crippen molar-refractivity contribution in [2.45, 2.75) is 69.7 Å². The van der Waals surface area contributed by atoms with E-state index >= 15 is 0 Å². The molecule has 0 aliphatic carbocycles. The average Bonchev–Trinajstić information content (AvgIpc) is 2.76. The van der Waals surface area contributed by atoms with Gasteiger partial charge < -0.3 is 39.1 Å². The number of ether oxygens (including phenoxy) is 6. The van der Waals surface area contributed by atoms with Crippen molar-refractivity contribution in [2.75, 3.05) is 48.6 Å². The highest BCUT2D eigenvalue weighted by Crippen LogP contribution is 2.31. The van der Waals surface area contributed by atoms with Gasteiger partial charge in [-0.2, -0.15) is 0 Å². The zero-order valence-electron chi connectivity index (χ0n) is 19.4. The summed E-state index contributed by atoms with van der Waals surface area (Å²) in [4.78, 5) is 0. The molecule has 2 N–H and O–H groups in total. The first-order chi connectivity index (χ1) is 14.4. The maximum Gasteiger partial charge on any atom is 0.175 e. The van der Waals surface area contributed by atoms with Gasteiger partial charge in [-0.3, -0.25) is 0 Å². The second kappa shape index (κ2) is 15.1. The molecule has 180 valence electrons. The fourth-order valence-electron chi connectivity index (χ4n) is 4.67. The first kappa shape index (κ1) is 29.2. The van der Waals surface area contributed by atoms with Crippen LogP contribution in [0.15, 0.2) is 0 Å². The van der Waals surface area contributed by atoms with E-state index < -0.39 is 6.29 Å². The van der Waals surface area contributed by atoms with Crippen molar-refractivity contribution in [3.8, 4) is 0 Å². The Balaban J connectivity index is 0.00000218. The number of methoxy groups -OCH3 is 3. The predicted octanol–water partition coefficient (Wildman–Crippen LogP) is 2.41. The first-order valence-corrected chi connectivity index (χ1v) is 16.7. The standard InChI is InChI=1S/C20H40N2O6.I2/c1-11-14(9-23-6)28-20(17(22-5)19(11)25-8)26-10-15-12(2)18(24-7)16(21-4)13(3)27-15;1-2/h11-22H,9-10H2,1-8H3;. The van der Waals surface area contributed by atoms with Gasteiger partial charge >= 0.3 is 0 Å². The molecule has 2 aliphatic heterocycles. The van der Waals surface area contributed by atoms with Crippen LogP contribution < -0.4 is 10.6 Å². The van der Waals surface area contributed by atoms with E-state index in [2.05, 4.69) is 68.6 Å². The molecule has 10 unspecified atom stereocenters. The number of halogens is 2. The summed E-state index contributed by atoms with van der Waals surface area (Å²) in [5, 5.41) is 6.61. The normalized spacial score (nSPS) is 41.8. The Hall–Kier alpha value is 1.14. The Kier molecular flexibility index (Phi) is 14.7. The summed E-state index contributed by atoms with van der Waals surface area (Å²) >= 11 is 4.24. The second-order valence-electron chi connectivity index (χ2n) is 7.96. The molecule has 0 radical (unpaired) electrons. The minimum Gasteiger partial charge on any atom is -0.382 e. The van der Waals surface area contributed by atoms with E-state index in [9.17, 15) is 0 Å². The summed E-state index contributed by atoms with van der Waals surface area (Å²) < 4.78 is 35.6. The quantitative estimate of drug-likeness (QED) is 0.366. The lowest BCUT2D eigenvalue weighted by Gasteiger charge is -2.47. The molecule has 2 fully saturated rings. The summed E-state index contributed by atoms with van der Waals surface area (Å²) in [7, 11) is 9.00. The lowest BCUT2D eigenvalue weighted by atomic mass is 9.86. The average molecular weight is 658 g/mol. The van der Waals surface area contributed by atoms with Crippen molar-refractivity contribution in [3.05, 3.63) is 0 Å². The van der Waals surface area contributed by atoms with Gasteiger partial charge in [-0.25, -0.2) is 0 Å². The third-order valence-electron chi connectivity index (χ3n) is 6.38. The molecule has 2 saturated heterocycles. The monoisotopic (exact) mass is 658 g/mol. The minimum absolute atomic E-state index is 0.0279. The maximum absolute atomic E-state index is 6.24. The maximum atomic E-state index is 6.24. The van der Waals surface area contributed by atoms with Crippen molar-refractivity contribution in [2.24, 2.45) is 11.8 Å². The molecule has 10 atom stereocenters. The first-order valence-electron chi connectivity index (χ1n) is 10.4. The van der Waals surface area contributed by atoms with Crippen molar-refractivity contribution < 1.29 is 28.4 Å². The molecule has 0 aromatic rings. The van der Waals surface area contributed by atoms with E-state index in [4.69, 9.17) is 28.4 Å². The molecule has 8 nitrogen and oxygen atoms in total. The summed E-state index contributed by atoms with van der Waals surface area (Å²) in [6.07, 6.45) is -0.559. The zero-order valence-corrected chi connectivity index (χ0v) is 23.7. The molecule has 0 saturated carbocycles. The predicted molar refractivity (Wildman–Crippen MR) is 134 cm³/mol. The summed E-state index contributed by atoms with van der Waals surface area (Å²) in [6, 6.07) is 0.0738. The van der Waals surface area contributed by atoms with Gasteiger partial charge in [-0.15, -0.1) is 0 Å². The Morgan fingerprint density at radius 2 is 1.27 bits per heavy atom. The molecule has 0 amide bonds. The van der Waals surface area contributed by atoms with Gasteiger partial charge in [-0.1, -0.05) is 13.8 Å². The lowest BCUT2D eigenvalue weighted by Crippen LogP contribution is -2.62. The molecule has 2 rings (SSSR count). The minimum atomic E-state index is -0.444. The van der Waals surface area contributed by atoms with Gasteiger partial charge in [0.2, 0.25) is 0 Å². The molecular weight excluding hydrogens is 618 g/mol. The molecule has 2 aliphatic rings. The molecule has 10 heteroatoms. The molecule has 2 heterocycles. The highest BCUT2D eigenvalue weighted by Gasteiger charge is 2.46. The molecular formula is C20H40I2N2O6. The summed E-state index contributed by atoms with van der Waals surface area (Å²) in [5.74, 6) is 0.364. The Labute approximate surface area is 205 Å². The van der Waals surface area contributed by atoms with Crippen LogP contribution in [-0.4, -0.2) is 97.5 Å². The van der Waals surface area contributed by atoms with Crippen LogP contribution in [0.4, 0.5) is 0 Å². The van der Waals surface area contributed by atoms with Crippen LogP contribution in [0.25, 0.3) is 0 Å². The summed E-state index contributed by atoms with van der Waals surface area (Å²) in [6.45, 7) is 7.25. The highest BCUT2D eigenvalue weighted by molar-refractivity contribution is 15.0. The number of hydrogen-bond donors (Lipinski definition) is 2. The van der Waals surface area contributed by atoms with Crippen molar-refractivity contribution in [1.82, 2.24) is 10.6 Å². The highest BCUT2D eigenvalue weighted by atomic mass is 128. The number of nitrogens with one attached hydrogen (secondary N) is 2. The van der Waals surface area contributed by atoms with Crippen LogP contribution in [0.3, 0.4) is 0 Å². The van der Waals surface area contributed by atoms with Crippen molar-refractivity contribution >= 4 is 37.2 Å². The van der Waals surface area contributed by atoms with E-state index in [-0.39, 0.29) is 54.4 Å². The number of hydrogen-bond acceptors (Lipinski definition) is 8. The molecule has 0 aromatic carbocycles. The van der Waals surface area contributed by atoms with Gasteiger partial charge in [0.1, 0.15) is 0 Å². The van der Waals surface area contributed by atoms with Gasteiger partial charge in [0.05, 0.1) is 55.8 Å². The van der Waals surface area contributed by atoms with Crippen molar-refractivity contribution in [3.63, 3.8) is 0 Å². The van der Waals surface area contributed by atoms with Crippen LogP contribution >= 0.6 is 37.2 Å². The largest absolute Gasteiger partial charge is 0.382 e. The van der Waals surface area contributed by atoms with Gasteiger partial charge in [0, 0.05) is 70.4 Å². The number of likely N-dealkylation sites (N-methyl/N-ethyl adjacent to an activating group) is 2. The van der Waals surface area contributed by atoms with E-state index in [1.807, 2.05) is 14.1 Å². The Morgan fingerprint density at radius 1 is 0.767 bits per heavy atom. The van der Waals surface area contributed by atoms with Crippen LogP contribution in [0.5, 0.6) is 0 Å². The molecule has 0 spiro atoms. The van der Waals surface area contributed by atoms with Crippen LogP contribution in [0.2, 0.25) is 0 Å². The molecule has 0 aromatic heterocycles. The van der Waals surface area contributed by atoms with E-state index in [0.29, 0.717) is 13.2 Å².